The number of nitrogens with zero attached hydrogens (tertiary/aromatic N) is 3. The number of fused-ring (bicyclic) bond motifs is 1. The van der Waals surface area contributed by atoms with Crippen LogP contribution in [0.15, 0.2) is 48.5 Å². The Kier molecular flexibility index (Phi) is 5.46. The van der Waals surface area contributed by atoms with Crippen LogP contribution in [0.4, 0.5) is 5.69 Å². The zero-order chi connectivity index (χ0) is 21.4. The normalized spacial score (nSPS) is 20.7. The van der Waals surface area contributed by atoms with E-state index in [9.17, 15) is 9.59 Å². The molecule has 31 heavy (non-hydrogen) atoms. The van der Waals surface area contributed by atoms with Gasteiger partial charge in [0.25, 0.3) is 5.91 Å². The zero-order valence-electron chi connectivity index (χ0n) is 17.5. The van der Waals surface area contributed by atoms with Crippen molar-refractivity contribution in [3.8, 4) is 5.75 Å². The highest BCUT2D eigenvalue weighted by Gasteiger charge is 2.43. The van der Waals surface area contributed by atoms with Gasteiger partial charge in [-0.15, -0.1) is 11.3 Å². The number of para-hydroxylation sites is 1. The summed E-state index contributed by atoms with van der Waals surface area (Å²) in [5.41, 5.74) is 1.65. The minimum absolute atomic E-state index is 0.128. The van der Waals surface area contributed by atoms with Crippen molar-refractivity contribution in [2.75, 3.05) is 24.6 Å². The van der Waals surface area contributed by atoms with E-state index in [0.717, 1.165) is 31.4 Å². The van der Waals surface area contributed by atoms with Crippen LogP contribution in [0, 0.1) is 0 Å². The summed E-state index contributed by atoms with van der Waals surface area (Å²) in [7, 11) is 0. The fourth-order valence-electron chi connectivity index (χ4n) is 4.57. The van der Waals surface area contributed by atoms with Gasteiger partial charge in [-0.3, -0.25) is 14.5 Å². The number of piperidine rings is 1. The fraction of sp³-hybridized carbons (Fsp3) is 0.375. The summed E-state index contributed by atoms with van der Waals surface area (Å²) in [6.45, 7) is 4.05. The van der Waals surface area contributed by atoms with Crippen molar-refractivity contribution in [3.63, 3.8) is 0 Å². The van der Waals surface area contributed by atoms with Crippen molar-refractivity contribution in [2.45, 2.75) is 38.1 Å². The Morgan fingerprint density at radius 1 is 1.10 bits per heavy atom. The Morgan fingerprint density at radius 2 is 1.90 bits per heavy atom. The minimum Gasteiger partial charge on any atom is -0.494 e. The molecule has 2 aliphatic rings. The van der Waals surface area contributed by atoms with Crippen LogP contribution in [-0.2, 0) is 9.59 Å². The van der Waals surface area contributed by atoms with Gasteiger partial charge < -0.3 is 4.74 Å². The van der Waals surface area contributed by atoms with Gasteiger partial charge in [0.15, 0.2) is 0 Å². The number of imide groups is 1. The highest BCUT2D eigenvalue weighted by Crippen LogP contribution is 2.36. The fourth-order valence-corrected chi connectivity index (χ4v) is 5.71. The molecule has 3 heterocycles. The summed E-state index contributed by atoms with van der Waals surface area (Å²) in [5, 5.41) is 1.18. The smallest absolute Gasteiger partial charge is 0.251 e. The SMILES string of the molecule is CCOc1cccc(N2C(=O)C[C@H](N3CCC(c4nc5ccccc5s4)CC3)C2=O)c1. The summed E-state index contributed by atoms with van der Waals surface area (Å²) in [5.74, 6) is 0.814. The third-order valence-corrected chi connectivity index (χ3v) is 7.34. The maximum Gasteiger partial charge on any atom is 0.251 e. The third kappa shape index (κ3) is 3.83. The lowest BCUT2D eigenvalue weighted by atomic mass is 9.96. The molecular weight excluding hydrogens is 410 g/mol. The molecule has 0 N–H and O–H groups in total. The molecule has 160 valence electrons. The van der Waals surface area contributed by atoms with E-state index in [0.29, 0.717) is 24.0 Å². The van der Waals surface area contributed by atoms with Crippen molar-refractivity contribution < 1.29 is 14.3 Å². The van der Waals surface area contributed by atoms with Gasteiger partial charge in [-0.25, -0.2) is 9.88 Å². The molecule has 2 amide bonds. The standard InChI is InChI=1S/C24H25N3O3S/c1-2-30-18-7-5-6-17(14-18)27-22(28)15-20(24(27)29)26-12-10-16(11-13-26)23-25-19-8-3-4-9-21(19)31-23/h3-9,14,16,20H,2,10-13,15H2,1H3/t20-/m0/s1. The molecule has 1 atom stereocenters. The van der Waals surface area contributed by atoms with Crippen molar-refractivity contribution in [2.24, 2.45) is 0 Å². The average molecular weight is 436 g/mol. The Bertz CT molecular complexity index is 1090. The van der Waals surface area contributed by atoms with Gasteiger partial charge in [-0.2, -0.15) is 0 Å². The Balaban J connectivity index is 1.27. The summed E-state index contributed by atoms with van der Waals surface area (Å²) in [4.78, 5) is 34.2. The summed E-state index contributed by atoms with van der Waals surface area (Å²) >= 11 is 1.77. The van der Waals surface area contributed by atoms with Crippen LogP contribution >= 0.6 is 11.3 Å². The highest BCUT2D eigenvalue weighted by molar-refractivity contribution is 7.18. The molecule has 0 aliphatic carbocycles. The van der Waals surface area contributed by atoms with Gasteiger partial charge in [-0.1, -0.05) is 18.2 Å². The number of carbonyl (C=O) groups excluding carboxylic acids is 2. The lowest BCUT2D eigenvalue weighted by molar-refractivity contribution is -0.123. The number of hydrogen-bond donors (Lipinski definition) is 0. The first kappa shape index (κ1) is 20.2. The molecule has 6 nitrogen and oxygen atoms in total. The lowest BCUT2D eigenvalue weighted by Gasteiger charge is -2.34. The number of thiazole rings is 1. The van der Waals surface area contributed by atoms with Crippen LogP contribution in [0.1, 0.15) is 37.1 Å². The van der Waals surface area contributed by atoms with Crippen LogP contribution in [-0.4, -0.2) is 47.4 Å². The molecule has 5 rings (SSSR count). The second-order valence-electron chi connectivity index (χ2n) is 8.05. The first-order valence-corrected chi connectivity index (χ1v) is 11.6. The van der Waals surface area contributed by atoms with Gasteiger partial charge in [0.05, 0.1) is 40.0 Å². The van der Waals surface area contributed by atoms with E-state index in [-0.39, 0.29) is 24.3 Å². The molecule has 2 fully saturated rings. The molecule has 0 unspecified atom stereocenters. The van der Waals surface area contributed by atoms with Crippen LogP contribution in [0.3, 0.4) is 0 Å². The average Bonchev–Trinajstić information content (AvgIpc) is 3.35. The molecule has 2 aliphatic heterocycles. The topological polar surface area (TPSA) is 62.7 Å². The van der Waals surface area contributed by atoms with E-state index in [4.69, 9.17) is 9.72 Å². The number of ether oxygens (including phenoxy) is 1. The number of anilines is 1. The lowest BCUT2D eigenvalue weighted by Crippen LogP contribution is -2.45. The Hall–Kier alpha value is -2.77. The van der Waals surface area contributed by atoms with Gasteiger partial charge >= 0.3 is 0 Å². The molecule has 0 radical (unpaired) electrons. The number of likely N-dealkylation sites (tertiary alicyclic amines) is 1. The van der Waals surface area contributed by atoms with E-state index in [1.807, 2.05) is 31.2 Å². The number of aromatic nitrogens is 1. The molecule has 3 aromatic rings. The van der Waals surface area contributed by atoms with E-state index < -0.39 is 0 Å². The summed E-state index contributed by atoms with van der Waals surface area (Å²) in [6.07, 6.45) is 2.15. The molecule has 2 saturated heterocycles. The Labute approximate surface area is 185 Å². The largest absolute Gasteiger partial charge is 0.494 e. The van der Waals surface area contributed by atoms with Gasteiger partial charge in [-0.05, 0) is 57.1 Å². The molecule has 1 aromatic heterocycles. The van der Waals surface area contributed by atoms with Crippen LogP contribution in [0.2, 0.25) is 0 Å². The zero-order valence-corrected chi connectivity index (χ0v) is 18.3. The predicted octanol–water partition coefficient (Wildman–Crippen LogP) is 4.21. The molecule has 0 bridgehead atoms. The molecule has 7 heteroatoms. The van der Waals surface area contributed by atoms with E-state index in [2.05, 4.69) is 17.0 Å². The van der Waals surface area contributed by atoms with Crippen molar-refractivity contribution in [1.29, 1.82) is 0 Å². The summed E-state index contributed by atoms with van der Waals surface area (Å²) in [6, 6.07) is 15.1. The van der Waals surface area contributed by atoms with Gasteiger partial charge in [0.1, 0.15) is 5.75 Å². The first-order valence-electron chi connectivity index (χ1n) is 10.8. The highest BCUT2D eigenvalue weighted by atomic mass is 32.1. The number of rotatable bonds is 5. The minimum atomic E-state index is -0.375. The monoisotopic (exact) mass is 435 g/mol. The van der Waals surface area contributed by atoms with Crippen LogP contribution in [0.5, 0.6) is 5.75 Å². The maximum absolute atomic E-state index is 13.2. The van der Waals surface area contributed by atoms with Crippen molar-refractivity contribution >= 4 is 39.1 Å². The molecule has 2 aromatic carbocycles. The second-order valence-corrected chi connectivity index (χ2v) is 9.11. The van der Waals surface area contributed by atoms with Crippen molar-refractivity contribution in [1.82, 2.24) is 9.88 Å². The van der Waals surface area contributed by atoms with Gasteiger partial charge in [0, 0.05) is 12.0 Å². The van der Waals surface area contributed by atoms with Gasteiger partial charge in [0.2, 0.25) is 5.91 Å². The second kappa shape index (κ2) is 8.40. The van der Waals surface area contributed by atoms with Crippen LogP contribution in [0.25, 0.3) is 10.2 Å². The van der Waals surface area contributed by atoms with Crippen LogP contribution < -0.4 is 9.64 Å². The number of amides is 2. The third-order valence-electron chi connectivity index (χ3n) is 6.14. The van der Waals surface area contributed by atoms with E-state index in [1.165, 1.54) is 14.6 Å². The number of carbonyl (C=O) groups is 2. The number of hydrogen-bond acceptors (Lipinski definition) is 6. The predicted molar refractivity (Wildman–Crippen MR) is 122 cm³/mol. The first-order chi connectivity index (χ1) is 15.1. The number of benzene rings is 2. The summed E-state index contributed by atoms with van der Waals surface area (Å²) < 4.78 is 6.75. The van der Waals surface area contributed by atoms with Crippen molar-refractivity contribution in [3.05, 3.63) is 53.5 Å². The van der Waals surface area contributed by atoms with E-state index in [1.54, 1.807) is 23.5 Å². The molecule has 0 spiro atoms. The maximum atomic E-state index is 13.2. The quantitative estimate of drug-likeness (QED) is 0.562. The van der Waals surface area contributed by atoms with E-state index >= 15 is 0 Å². The molecular formula is C24H25N3O3S. The molecule has 0 saturated carbocycles. The Morgan fingerprint density at radius 3 is 2.68 bits per heavy atom.